The summed E-state index contributed by atoms with van der Waals surface area (Å²) in [6.45, 7) is 1.56. The predicted molar refractivity (Wildman–Crippen MR) is 75.6 cm³/mol. The van der Waals surface area contributed by atoms with Gasteiger partial charge in [0.1, 0.15) is 0 Å². The lowest BCUT2D eigenvalue weighted by molar-refractivity contribution is 0.260. The summed E-state index contributed by atoms with van der Waals surface area (Å²) in [6.07, 6.45) is 2.40. The first kappa shape index (κ1) is 12.8. The molecule has 5 heteroatoms. The number of halogens is 1. The smallest absolute Gasteiger partial charge is 0.240 e. The number of hydrogen-bond donors (Lipinski definition) is 0. The molecular formula is C14H16BrN3O. The first-order chi connectivity index (χ1) is 9.20. The van der Waals surface area contributed by atoms with E-state index in [-0.39, 0.29) is 0 Å². The van der Waals surface area contributed by atoms with Gasteiger partial charge >= 0.3 is 0 Å². The van der Waals surface area contributed by atoms with E-state index >= 15 is 0 Å². The summed E-state index contributed by atoms with van der Waals surface area (Å²) in [5, 5.41) is 4.03. The Kier molecular flexibility index (Phi) is 3.66. The van der Waals surface area contributed by atoms with E-state index in [1.807, 2.05) is 0 Å². The molecule has 1 aliphatic rings. The Bertz CT molecular complexity index is 548. The first-order valence-corrected chi connectivity index (χ1v) is 7.25. The summed E-state index contributed by atoms with van der Waals surface area (Å²) in [5.74, 6) is 2.14. The van der Waals surface area contributed by atoms with Crippen LogP contribution in [0.25, 0.3) is 0 Å². The van der Waals surface area contributed by atoms with E-state index in [0.29, 0.717) is 18.4 Å². The van der Waals surface area contributed by atoms with E-state index in [1.54, 1.807) is 0 Å². The number of nitrogens with zero attached hydrogens (tertiary/aromatic N) is 3. The van der Waals surface area contributed by atoms with E-state index in [4.69, 9.17) is 4.52 Å². The van der Waals surface area contributed by atoms with Crippen LogP contribution >= 0.6 is 15.9 Å². The summed E-state index contributed by atoms with van der Waals surface area (Å²) < 4.78 is 6.38. The maximum atomic E-state index is 5.28. The summed E-state index contributed by atoms with van der Waals surface area (Å²) in [6, 6.07) is 8.34. The van der Waals surface area contributed by atoms with Crippen molar-refractivity contribution in [2.75, 3.05) is 7.05 Å². The number of hydrogen-bond acceptors (Lipinski definition) is 4. The average Bonchev–Trinajstić information content (AvgIpc) is 3.14. The lowest BCUT2D eigenvalue weighted by Gasteiger charge is -2.14. The van der Waals surface area contributed by atoms with Crippen LogP contribution < -0.4 is 0 Å². The predicted octanol–water partition coefficient (Wildman–Crippen LogP) is 3.34. The molecule has 0 atom stereocenters. The van der Waals surface area contributed by atoms with Gasteiger partial charge in [-0.25, -0.2) is 0 Å². The van der Waals surface area contributed by atoms with Gasteiger partial charge in [-0.05, 0) is 37.6 Å². The molecule has 0 saturated heterocycles. The van der Waals surface area contributed by atoms with Gasteiger partial charge in [0, 0.05) is 16.9 Å². The summed E-state index contributed by atoms with van der Waals surface area (Å²) in [5.41, 5.74) is 1.27. The zero-order chi connectivity index (χ0) is 13.2. The molecule has 0 spiro atoms. The van der Waals surface area contributed by atoms with Gasteiger partial charge in [-0.1, -0.05) is 33.2 Å². The van der Waals surface area contributed by atoms with Crippen molar-refractivity contribution in [3.63, 3.8) is 0 Å². The van der Waals surface area contributed by atoms with Crippen molar-refractivity contribution < 1.29 is 4.52 Å². The molecule has 2 aromatic rings. The minimum atomic E-state index is 0.550. The van der Waals surface area contributed by atoms with Crippen LogP contribution in [0, 0.1) is 0 Å². The minimum absolute atomic E-state index is 0.550. The third-order valence-corrected chi connectivity index (χ3v) is 3.73. The normalized spacial score (nSPS) is 15.1. The van der Waals surface area contributed by atoms with Gasteiger partial charge in [0.25, 0.3) is 0 Å². The second kappa shape index (κ2) is 5.43. The van der Waals surface area contributed by atoms with Gasteiger partial charge in [-0.15, -0.1) is 0 Å². The van der Waals surface area contributed by atoms with E-state index in [0.717, 1.165) is 16.8 Å². The second-order valence-corrected chi connectivity index (χ2v) is 6.04. The number of aromatic nitrogens is 2. The van der Waals surface area contributed by atoms with Crippen LogP contribution in [0.3, 0.4) is 0 Å². The summed E-state index contributed by atoms with van der Waals surface area (Å²) >= 11 is 3.44. The minimum Gasteiger partial charge on any atom is -0.338 e. The van der Waals surface area contributed by atoms with Gasteiger partial charge < -0.3 is 4.52 Å². The molecule has 1 heterocycles. The molecule has 4 nitrogen and oxygen atoms in total. The molecule has 0 radical (unpaired) electrons. The van der Waals surface area contributed by atoms with Gasteiger partial charge in [-0.3, -0.25) is 4.90 Å². The van der Waals surface area contributed by atoms with Crippen molar-refractivity contribution in [3.05, 3.63) is 46.0 Å². The Morgan fingerprint density at radius 3 is 2.68 bits per heavy atom. The second-order valence-electron chi connectivity index (χ2n) is 5.12. The molecule has 0 unspecified atom stereocenters. The van der Waals surface area contributed by atoms with Crippen LogP contribution in [0.1, 0.15) is 36.0 Å². The topological polar surface area (TPSA) is 42.2 Å². The highest BCUT2D eigenvalue weighted by Crippen LogP contribution is 2.38. The standard InChI is InChI=1S/C14H16BrN3O/c1-18(8-10-2-6-12(15)7-3-10)9-13-16-14(17-19-13)11-4-5-11/h2-3,6-7,11H,4-5,8-9H2,1H3. The Labute approximate surface area is 120 Å². The van der Waals surface area contributed by atoms with Gasteiger partial charge in [0.2, 0.25) is 5.89 Å². The zero-order valence-corrected chi connectivity index (χ0v) is 12.4. The molecule has 1 aromatic carbocycles. The molecule has 1 aliphatic carbocycles. The van der Waals surface area contributed by atoms with E-state index in [2.05, 4.69) is 62.3 Å². The van der Waals surface area contributed by atoms with Crippen LogP contribution in [0.2, 0.25) is 0 Å². The molecule has 0 aliphatic heterocycles. The Morgan fingerprint density at radius 2 is 2.00 bits per heavy atom. The van der Waals surface area contributed by atoms with Crippen LogP contribution in [-0.4, -0.2) is 22.1 Å². The van der Waals surface area contributed by atoms with Crippen LogP contribution in [-0.2, 0) is 13.1 Å². The van der Waals surface area contributed by atoms with E-state index in [9.17, 15) is 0 Å². The fourth-order valence-electron chi connectivity index (χ4n) is 2.03. The third kappa shape index (κ3) is 3.42. The molecule has 1 aromatic heterocycles. The van der Waals surface area contributed by atoms with Crippen molar-refractivity contribution in [1.82, 2.24) is 15.0 Å². The quantitative estimate of drug-likeness (QED) is 0.847. The highest BCUT2D eigenvalue weighted by Gasteiger charge is 2.28. The number of benzene rings is 1. The molecule has 1 fully saturated rings. The van der Waals surface area contributed by atoms with Gasteiger partial charge in [-0.2, -0.15) is 4.98 Å². The van der Waals surface area contributed by atoms with E-state index < -0.39 is 0 Å². The highest BCUT2D eigenvalue weighted by atomic mass is 79.9. The Hall–Kier alpha value is -1.20. The Balaban J connectivity index is 1.57. The van der Waals surface area contributed by atoms with Crippen LogP contribution in [0.5, 0.6) is 0 Å². The molecule has 19 heavy (non-hydrogen) atoms. The van der Waals surface area contributed by atoms with Crippen molar-refractivity contribution in [2.45, 2.75) is 31.8 Å². The molecular weight excluding hydrogens is 306 g/mol. The van der Waals surface area contributed by atoms with Crippen molar-refractivity contribution >= 4 is 15.9 Å². The molecule has 100 valence electrons. The summed E-state index contributed by atoms with van der Waals surface area (Å²) in [7, 11) is 2.06. The van der Waals surface area contributed by atoms with E-state index in [1.165, 1.54) is 18.4 Å². The Morgan fingerprint density at radius 1 is 1.26 bits per heavy atom. The lowest BCUT2D eigenvalue weighted by Crippen LogP contribution is -2.17. The molecule has 1 saturated carbocycles. The fourth-order valence-corrected chi connectivity index (χ4v) is 2.29. The third-order valence-electron chi connectivity index (χ3n) is 3.20. The molecule has 3 rings (SSSR count). The average molecular weight is 322 g/mol. The molecule has 0 amide bonds. The van der Waals surface area contributed by atoms with Crippen LogP contribution in [0.4, 0.5) is 0 Å². The number of rotatable bonds is 5. The molecule has 0 bridgehead atoms. The maximum absolute atomic E-state index is 5.28. The maximum Gasteiger partial charge on any atom is 0.240 e. The SMILES string of the molecule is CN(Cc1ccc(Br)cc1)Cc1nc(C2CC2)no1. The monoisotopic (exact) mass is 321 g/mol. The highest BCUT2D eigenvalue weighted by molar-refractivity contribution is 9.10. The van der Waals surface area contributed by atoms with Gasteiger partial charge in [0.15, 0.2) is 5.82 Å². The van der Waals surface area contributed by atoms with Crippen molar-refractivity contribution in [3.8, 4) is 0 Å². The largest absolute Gasteiger partial charge is 0.338 e. The van der Waals surface area contributed by atoms with Crippen molar-refractivity contribution in [1.29, 1.82) is 0 Å². The summed E-state index contributed by atoms with van der Waals surface area (Å²) in [4.78, 5) is 6.62. The zero-order valence-electron chi connectivity index (χ0n) is 10.8. The lowest BCUT2D eigenvalue weighted by atomic mass is 10.2. The fraction of sp³-hybridized carbons (Fsp3) is 0.429. The van der Waals surface area contributed by atoms with Gasteiger partial charge in [0.05, 0.1) is 6.54 Å². The van der Waals surface area contributed by atoms with Crippen molar-refractivity contribution in [2.24, 2.45) is 0 Å². The first-order valence-electron chi connectivity index (χ1n) is 6.46. The molecule has 0 N–H and O–H groups in total. The van der Waals surface area contributed by atoms with Crippen LogP contribution in [0.15, 0.2) is 33.3 Å².